The lowest BCUT2D eigenvalue weighted by atomic mass is 10.1. The molecule has 1 unspecified atom stereocenters. The molecule has 1 fully saturated rings. The molecule has 4 N–H and O–H groups in total. The van der Waals surface area contributed by atoms with E-state index in [2.05, 4.69) is 32.6 Å². The van der Waals surface area contributed by atoms with Gasteiger partial charge in [0.2, 0.25) is 17.8 Å². The summed E-state index contributed by atoms with van der Waals surface area (Å²) in [5.74, 6) is 8.38. The van der Waals surface area contributed by atoms with Crippen LogP contribution in [0.1, 0.15) is 19.8 Å². The first-order valence-corrected chi connectivity index (χ1v) is 6.24. The molecule has 0 saturated heterocycles. The van der Waals surface area contributed by atoms with Crippen molar-refractivity contribution in [1.29, 1.82) is 0 Å². The third-order valence-electron chi connectivity index (χ3n) is 3.16. The summed E-state index contributed by atoms with van der Waals surface area (Å²) in [6.07, 6.45) is 2.69. The highest BCUT2D eigenvalue weighted by molar-refractivity contribution is 5.42. The van der Waals surface area contributed by atoms with Crippen molar-refractivity contribution < 1.29 is 0 Å². The predicted molar refractivity (Wildman–Crippen MR) is 72.3 cm³/mol. The Morgan fingerprint density at radius 2 is 1.94 bits per heavy atom. The van der Waals surface area contributed by atoms with Gasteiger partial charge in [0, 0.05) is 20.6 Å². The van der Waals surface area contributed by atoms with Gasteiger partial charge in [0.1, 0.15) is 0 Å². The number of nitrogen functional groups attached to an aromatic ring is 1. The Balaban J connectivity index is 2.03. The quantitative estimate of drug-likeness (QED) is 0.506. The fraction of sp³-hybridized carbons (Fsp3) is 0.727. The van der Waals surface area contributed by atoms with Crippen molar-refractivity contribution >= 4 is 17.8 Å². The van der Waals surface area contributed by atoms with Crippen molar-refractivity contribution in [2.24, 2.45) is 17.7 Å². The summed E-state index contributed by atoms with van der Waals surface area (Å²) in [6, 6.07) is 0. The Morgan fingerprint density at radius 1 is 1.28 bits per heavy atom. The molecule has 1 heterocycles. The lowest BCUT2D eigenvalue weighted by molar-refractivity contribution is 0.535. The number of nitrogens with one attached hydrogen (secondary N) is 2. The number of hydrogen-bond donors (Lipinski definition) is 3. The van der Waals surface area contributed by atoms with Crippen LogP contribution in [0, 0.1) is 11.8 Å². The summed E-state index contributed by atoms with van der Waals surface area (Å²) < 4.78 is 0. The molecule has 18 heavy (non-hydrogen) atoms. The monoisotopic (exact) mass is 251 g/mol. The molecular formula is C11H21N7. The highest BCUT2D eigenvalue weighted by Gasteiger charge is 2.27. The van der Waals surface area contributed by atoms with E-state index in [4.69, 9.17) is 5.84 Å². The van der Waals surface area contributed by atoms with Crippen molar-refractivity contribution in [2.45, 2.75) is 19.8 Å². The van der Waals surface area contributed by atoms with E-state index in [1.54, 1.807) is 0 Å². The fourth-order valence-corrected chi connectivity index (χ4v) is 1.79. The topological polar surface area (TPSA) is 92.0 Å². The maximum atomic E-state index is 5.35. The summed E-state index contributed by atoms with van der Waals surface area (Å²) in [6.45, 7) is 3.13. The van der Waals surface area contributed by atoms with Crippen LogP contribution in [-0.2, 0) is 0 Å². The zero-order chi connectivity index (χ0) is 13.1. The number of anilines is 3. The number of nitrogens with zero attached hydrogens (tertiary/aromatic N) is 4. The number of aromatic nitrogens is 3. The Hall–Kier alpha value is -1.63. The van der Waals surface area contributed by atoms with E-state index < -0.39 is 0 Å². The van der Waals surface area contributed by atoms with Crippen LogP contribution in [0.15, 0.2) is 0 Å². The normalized spacial score (nSPS) is 16.2. The molecule has 0 aromatic carbocycles. The average molecular weight is 251 g/mol. The molecule has 1 aromatic heterocycles. The second kappa shape index (κ2) is 5.34. The number of rotatable bonds is 6. The molecule has 1 aromatic rings. The van der Waals surface area contributed by atoms with Crippen molar-refractivity contribution in [3.8, 4) is 0 Å². The Morgan fingerprint density at radius 3 is 2.50 bits per heavy atom. The van der Waals surface area contributed by atoms with Crippen LogP contribution in [0.2, 0.25) is 0 Å². The van der Waals surface area contributed by atoms with E-state index in [1.165, 1.54) is 12.8 Å². The van der Waals surface area contributed by atoms with Crippen molar-refractivity contribution in [3.63, 3.8) is 0 Å². The third-order valence-corrected chi connectivity index (χ3v) is 3.16. The molecule has 0 radical (unpaired) electrons. The average Bonchev–Trinajstić information content (AvgIpc) is 3.19. The van der Waals surface area contributed by atoms with Crippen LogP contribution in [-0.4, -0.2) is 35.6 Å². The first-order chi connectivity index (χ1) is 8.60. The molecule has 1 aliphatic rings. The lowest BCUT2D eigenvalue weighted by Crippen LogP contribution is -2.20. The first-order valence-electron chi connectivity index (χ1n) is 6.24. The molecular weight excluding hydrogens is 230 g/mol. The van der Waals surface area contributed by atoms with Gasteiger partial charge in [-0.25, -0.2) is 5.84 Å². The largest absolute Gasteiger partial charge is 0.354 e. The standard InChI is InChI=1S/C11H21N7/c1-7(8-4-5-8)6-13-9-14-10(17-12)16-11(15-9)18(2)3/h7-8H,4-6,12H2,1-3H3,(H2,13,14,15,16,17). The smallest absolute Gasteiger partial charge is 0.243 e. The minimum absolute atomic E-state index is 0.371. The minimum Gasteiger partial charge on any atom is -0.354 e. The number of nitrogens with two attached hydrogens (primary N) is 1. The van der Waals surface area contributed by atoms with E-state index in [0.717, 1.165) is 12.5 Å². The summed E-state index contributed by atoms with van der Waals surface area (Å²) >= 11 is 0. The van der Waals surface area contributed by atoms with Crippen molar-refractivity contribution in [1.82, 2.24) is 15.0 Å². The van der Waals surface area contributed by atoms with E-state index >= 15 is 0 Å². The highest BCUT2D eigenvalue weighted by atomic mass is 15.4. The molecule has 2 rings (SSSR count). The zero-order valence-electron chi connectivity index (χ0n) is 11.1. The van der Waals surface area contributed by atoms with Crippen LogP contribution >= 0.6 is 0 Å². The summed E-state index contributed by atoms with van der Waals surface area (Å²) in [5.41, 5.74) is 2.46. The van der Waals surface area contributed by atoms with Crippen LogP contribution in [0.25, 0.3) is 0 Å². The van der Waals surface area contributed by atoms with Crippen LogP contribution in [0.5, 0.6) is 0 Å². The minimum atomic E-state index is 0.371. The van der Waals surface area contributed by atoms with Gasteiger partial charge < -0.3 is 10.2 Å². The van der Waals surface area contributed by atoms with Crippen LogP contribution < -0.4 is 21.5 Å². The highest BCUT2D eigenvalue weighted by Crippen LogP contribution is 2.36. The Bertz CT molecular complexity index is 402. The Kier molecular flexibility index (Phi) is 3.81. The maximum absolute atomic E-state index is 5.35. The van der Waals surface area contributed by atoms with Gasteiger partial charge in [-0.2, -0.15) is 15.0 Å². The van der Waals surface area contributed by atoms with Gasteiger partial charge in [-0.05, 0) is 24.7 Å². The van der Waals surface area contributed by atoms with Gasteiger partial charge in [0.25, 0.3) is 0 Å². The number of hydrazine groups is 1. The lowest BCUT2D eigenvalue weighted by Gasteiger charge is -2.15. The Labute approximate surface area is 107 Å². The summed E-state index contributed by atoms with van der Waals surface area (Å²) in [4.78, 5) is 14.5. The first kappa shape index (κ1) is 12.8. The van der Waals surface area contributed by atoms with Crippen molar-refractivity contribution in [3.05, 3.63) is 0 Å². The second-order valence-corrected chi connectivity index (χ2v) is 5.02. The van der Waals surface area contributed by atoms with Gasteiger partial charge >= 0.3 is 0 Å². The van der Waals surface area contributed by atoms with Gasteiger partial charge in [-0.15, -0.1) is 0 Å². The van der Waals surface area contributed by atoms with Gasteiger partial charge in [-0.1, -0.05) is 6.92 Å². The molecule has 0 aliphatic heterocycles. The van der Waals surface area contributed by atoms with Gasteiger partial charge in [0.15, 0.2) is 0 Å². The molecule has 1 atom stereocenters. The van der Waals surface area contributed by atoms with Crippen molar-refractivity contribution in [2.75, 3.05) is 36.3 Å². The number of hydrogen-bond acceptors (Lipinski definition) is 7. The van der Waals surface area contributed by atoms with Crippen LogP contribution in [0.4, 0.5) is 17.8 Å². The van der Waals surface area contributed by atoms with E-state index in [-0.39, 0.29) is 0 Å². The predicted octanol–water partition coefficient (Wildman–Crippen LogP) is 0.681. The molecule has 7 heteroatoms. The fourth-order valence-electron chi connectivity index (χ4n) is 1.79. The third kappa shape index (κ3) is 3.19. The van der Waals surface area contributed by atoms with Crippen LogP contribution in [0.3, 0.4) is 0 Å². The molecule has 0 spiro atoms. The molecule has 1 aliphatic carbocycles. The molecule has 0 bridgehead atoms. The molecule has 100 valence electrons. The zero-order valence-corrected chi connectivity index (χ0v) is 11.1. The van der Waals surface area contributed by atoms with Gasteiger partial charge in [0.05, 0.1) is 0 Å². The summed E-state index contributed by atoms with van der Waals surface area (Å²) in [7, 11) is 3.76. The molecule has 0 amide bonds. The second-order valence-electron chi connectivity index (χ2n) is 5.02. The molecule has 7 nitrogen and oxygen atoms in total. The molecule has 1 saturated carbocycles. The maximum Gasteiger partial charge on any atom is 0.243 e. The van der Waals surface area contributed by atoms with E-state index in [1.807, 2.05) is 19.0 Å². The van der Waals surface area contributed by atoms with E-state index in [9.17, 15) is 0 Å². The summed E-state index contributed by atoms with van der Waals surface area (Å²) in [5, 5.41) is 3.25. The van der Waals surface area contributed by atoms with E-state index in [0.29, 0.717) is 23.8 Å². The van der Waals surface area contributed by atoms with Gasteiger partial charge in [-0.3, -0.25) is 5.43 Å². The SMILES string of the molecule is CC(CNc1nc(NN)nc(N(C)C)n1)C1CC1.